The van der Waals surface area contributed by atoms with Gasteiger partial charge in [-0.05, 0) is 42.0 Å². The van der Waals surface area contributed by atoms with Crippen molar-refractivity contribution in [2.24, 2.45) is 9.98 Å². The van der Waals surface area contributed by atoms with E-state index in [1.54, 1.807) is 0 Å². The van der Waals surface area contributed by atoms with E-state index in [9.17, 15) is 0 Å². The molecule has 0 bridgehead atoms. The standard InChI is InChI=1S/C45H30N4O/c1-3-13-29(14-4-1)43-46-44(30-15-5-2-6-16-30)48-45(47-43)32-17-11-18-33(27-32)49-39-23-9-7-19-35(39)38-28-31(25-26-40(38)49)34-21-12-22-37-36-20-8-10-24-41(36)50-42(34)37/h1-28,45H,(H,46,47,48). The molecule has 0 amide bonds. The Hall–Kier alpha value is -6.72. The van der Waals surface area contributed by atoms with Crippen molar-refractivity contribution in [2.45, 2.75) is 6.17 Å². The molecular formula is C45H30N4O. The number of benzene rings is 7. The maximum Gasteiger partial charge on any atom is 0.169 e. The van der Waals surface area contributed by atoms with Gasteiger partial charge in [-0.3, -0.25) is 0 Å². The molecule has 50 heavy (non-hydrogen) atoms. The summed E-state index contributed by atoms with van der Waals surface area (Å²) in [6.07, 6.45) is -0.411. The Morgan fingerprint density at radius 1 is 0.480 bits per heavy atom. The fraction of sp³-hybridized carbons (Fsp3) is 0.0222. The molecule has 3 heterocycles. The lowest BCUT2D eigenvalue weighted by atomic mass is 10.0. The van der Waals surface area contributed by atoms with Gasteiger partial charge in [-0.15, -0.1) is 0 Å². The van der Waals surface area contributed by atoms with Gasteiger partial charge in [-0.2, -0.15) is 0 Å². The molecule has 0 aliphatic carbocycles. The first-order chi connectivity index (χ1) is 24.8. The zero-order chi connectivity index (χ0) is 33.0. The molecule has 9 aromatic rings. The molecular weight excluding hydrogens is 613 g/mol. The second-order valence-electron chi connectivity index (χ2n) is 12.6. The smallest absolute Gasteiger partial charge is 0.169 e. The number of aliphatic imine (C=N–C) groups is 2. The van der Waals surface area contributed by atoms with E-state index in [-0.39, 0.29) is 0 Å². The fourth-order valence-electron chi connectivity index (χ4n) is 7.30. The molecule has 1 aliphatic heterocycles. The Morgan fingerprint density at radius 3 is 1.90 bits per heavy atom. The second-order valence-corrected chi connectivity index (χ2v) is 12.6. The van der Waals surface area contributed by atoms with E-state index < -0.39 is 6.17 Å². The third-order valence-electron chi connectivity index (χ3n) is 9.65. The number of nitrogens with zero attached hydrogens (tertiary/aromatic N) is 3. The molecule has 7 aromatic carbocycles. The fourth-order valence-corrected chi connectivity index (χ4v) is 7.30. The highest BCUT2D eigenvalue weighted by Crippen LogP contribution is 2.39. The van der Waals surface area contributed by atoms with Crippen molar-refractivity contribution in [2.75, 3.05) is 0 Å². The van der Waals surface area contributed by atoms with Crippen LogP contribution in [0.4, 0.5) is 0 Å². The Morgan fingerprint density at radius 2 is 1.12 bits per heavy atom. The van der Waals surface area contributed by atoms with Gasteiger partial charge in [0.05, 0.1) is 11.0 Å². The zero-order valence-corrected chi connectivity index (χ0v) is 27.0. The van der Waals surface area contributed by atoms with E-state index in [0.29, 0.717) is 0 Å². The van der Waals surface area contributed by atoms with Crippen LogP contribution in [0.3, 0.4) is 0 Å². The number of para-hydroxylation sites is 3. The van der Waals surface area contributed by atoms with Gasteiger partial charge in [0.15, 0.2) is 6.17 Å². The molecule has 236 valence electrons. The SMILES string of the molecule is c1ccc(C2=NC(c3cccc(-n4c5ccccc5c5cc(-c6cccc7c6oc6ccccc67)ccc54)c3)N=C(c3ccccc3)N2)cc1. The minimum atomic E-state index is -0.411. The molecule has 0 saturated heterocycles. The van der Waals surface area contributed by atoms with Gasteiger partial charge < -0.3 is 14.3 Å². The van der Waals surface area contributed by atoms with Crippen molar-refractivity contribution < 1.29 is 4.42 Å². The zero-order valence-electron chi connectivity index (χ0n) is 27.0. The molecule has 5 heteroatoms. The number of furan rings is 1. The quantitative estimate of drug-likeness (QED) is 0.203. The van der Waals surface area contributed by atoms with Crippen LogP contribution in [-0.2, 0) is 0 Å². The van der Waals surface area contributed by atoms with Gasteiger partial charge in [0.25, 0.3) is 0 Å². The number of aromatic nitrogens is 1. The van der Waals surface area contributed by atoms with Crippen LogP contribution in [0, 0.1) is 0 Å². The number of hydrogen-bond donors (Lipinski definition) is 1. The van der Waals surface area contributed by atoms with Crippen molar-refractivity contribution in [1.82, 2.24) is 9.88 Å². The number of fused-ring (bicyclic) bond motifs is 6. The molecule has 10 rings (SSSR count). The minimum absolute atomic E-state index is 0.411. The van der Waals surface area contributed by atoms with Crippen molar-refractivity contribution in [3.63, 3.8) is 0 Å². The van der Waals surface area contributed by atoms with Crippen LogP contribution in [0.15, 0.2) is 184 Å². The summed E-state index contributed by atoms with van der Waals surface area (Å²) in [4.78, 5) is 10.3. The highest BCUT2D eigenvalue weighted by atomic mass is 16.3. The van der Waals surface area contributed by atoms with Gasteiger partial charge in [0.2, 0.25) is 0 Å². The maximum absolute atomic E-state index is 6.42. The molecule has 0 spiro atoms. The third kappa shape index (κ3) is 4.63. The molecule has 0 unspecified atom stereocenters. The number of hydrogen-bond acceptors (Lipinski definition) is 4. The maximum atomic E-state index is 6.42. The number of rotatable bonds is 5. The normalized spacial score (nSPS) is 13.5. The molecule has 0 radical (unpaired) electrons. The lowest BCUT2D eigenvalue weighted by molar-refractivity contribution is 0.670. The van der Waals surface area contributed by atoms with E-state index in [2.05, 4.69) is 131 Å². The van der Waals surface area contributed by atoms with Gasteiger partial charge in [0.1, 0.15) is 22.8 Å². The van der Waals surface area contributed by atoms with Crippen LogP contribution in [-0.4, -0.2) is 16.2 Å². The topological polar surface area (TPSA) is 54.8 Å². The summed E-state index contributed by atoms with van der Waals surface area (Å²) in [7, 11) is 0. The highest BCUT2D eigenvalue weighted by Gasteiger charge is 2.22. The first-order valence-corrected chi connectivity index (χ1v) is 16.9. The van der Waals surface area contributed by atoms with Gasteiger partial charge >= 0.3 is 0 Å². The van der Waals surface area contributed by atoms with Crippen LogP contribution in [0.5, 0.6) is 0 Å². The predicted octanol–water partition coefficient (Wildman–Crippen LogP) is 10.8. The first-order valence-electron chi connectivity index (χ1n) is 16.9. The van der Waals surface area contributed by atoms with Gasteiger partial charge in [0, 0.05) is 49.5 Å². The van der Waals surface area contributed by atoms with Crippen LogP contribution in [0.2, 0.25) is 0 Å². The van der Waals surface area contributed by atoms with E-state index in [4.69, 9.17) is 14.4 Å². The van der Waals surface area contributed by atoms with E-state index in [0.717, 1.165) is 78.1 Å². The minimum Gasteiger partial charge on any atom is -0.455 e. The summed E-state index contributed by atoms with van der Waals surface area (Å²) in [5.41, 5.74) is 10.4. The monoisotopic (exact) mass is 642 g/mol. The Labute approximate surface area is 288 Å². The van der Waals surface area contributed by atoms with Crippen molar-refractivity contribution >= 4 is 55.4 Å². The summed E-state index contributed by atoms with van der Waals surface area (Å²) >= 11 is 0. The Balaban J connectivity index is 1.12. The average Bonchev–Trinajstić information content (AvgIpc) is 3.74. The van der Waals surface area contributed by atoms with E-state index in [1.807, 2.05) is 48.5 Å². The summed E-state index contributed by atoms with van der Waals surface area (Å²) < 4.78 is 8.78. The largest absolute Gasteiger partial charge is 0.455 e. The van der Waals surface area contributed by atoms with Crippen LogP contribution in [0.25, 0.3) is 60.6 Å². The van der Waals surface area contributed by atoms with Crippen molar-refractivity contribution in [3.8, 4) is 16.8 Å². The van der Waals surface area contributed by atoms with Gasteiger partial charge in [-0.1, -0.05) is 133 Å². The molecule has 5 nitrogen and oxygen atoms in total. The van der Waals surface area contributed by atoms with Crippen molar-refractivity contribution in [3.05, 3.63) is 187 Å². The third-order valence-corrected chi connectivity index (χ3v) is 9.65. The van der Waals surface area contributed by atoms with E-state index >= 15 is 0 Å². The summed E-state index contributed by atoms with van der Waals surface area (Å²) in [6.45, 7) is 0. The predicted molar refractivity (Wildman–Crippen MR) is 205 cm³/mol. The molecule has 1 N–H and O–H groups in total. The lowest BCUT2D eigenvalue weighted by Gasteiger charge is -2.22. The lowest BCUT2D eigenvalue weighted by Crippen LogP contribution is -2.36. The molecule has 0 saturated carbocycles. The molecule has 2 aromatic heterocycles. The molecule has 0 atom stereocenters. The highest BCUT2D eigenvalue weighted by molar-refractivity contribution is 6.16. The van der Waals surface area contributed by atoms with Gasteiger partial charge in [-0.25, -0.2) is 9.98 Å². The van der Waals surface area contributed by atoms with Crippen LogP contribution >= 0.6 is 0 Å². The summed E-state index contributed by atoms with van der Waals surface area (Å²) in [5.74, 6) is 1.61. The molecule has 0 fully saturated rings. The first kappa shape index (κ1) is 28.3. The summed E-state index contributed by atoms with van der Waals surface area (Å²) in [5, 5.41) is 8.15. The van der Waals surface area contributed by atoms with Crippen LogP contribution in [0.1, 0.15) is 22.9 Å². The second kappa shape index (κ2) is 11.5. The van der Waals surface area contributed by atoms with E-state index in [1.165, 1.54) is 10.8 Å². The Kier molecular flexibility index (Phi) is 6.49. The van der Waals surface area contributed by atoms with Crippen LogP contribution < -0.4 is 5.32 Å². The van der Waals surface area contributed by atoms with Crippen molar-refractivity contribution in [1.29, 1.82) is 0 Å². The molecule has 1 aliphatic rings. The number of nitrogens with one attached hydrogen (secondary N) is 1. The summed E-state index contributed by atoms with van der Waals surface area (Å²) in [6, 6.07) is 59.2. The number of amidine groups is 2. The Bertz CT molecular complexity index is 2740. The average molecular weight is 643 g/mol.